The molecule has 9 aromatic rings. The molecule has 3 amide bonds. The smallest absolute Gasteiger partial charge is 0.304 e. The first-order valence-electron chi connectivity index (χ1n) is 31.9. The summed E-state index contributed by atoms with van der Waals surface area (Å²) in [6, 6.07) is 54.9. The Morgan fingerprint density at radius 3 is 1.76 bits per heavy atom. The van der Waals surface area contributed by atoms with Gasteiger partial charge in [0.1, 0.15) is 4.21 Å². The highest BCUT2D eigenvalue weighted by Gasteiger charge is 2.32. The molecule has 4 heterocycles. The zero-order chi connectivity index (χ0) is 70.5. The van der Waals surface area contributed by atoms with Crippen LogP contribution in [0.1, 0.15) is 59.0 Å². The molecule has 99 heavy (non-hydrogen) atoms. The van der Waals surface area contributed by atoms with Crippen molar-refractivity contribution in [2.45, 2.75) is 70.7 Å². The third-order valence-electron chi connectivity index (χ3n) is 17.0. The van der Waals surface area contributed by atoms with Crippen LogP contribution in [0.15, 0.2) is 199 Å². The molecule has 28 heteroatoms. The number of nitro groups is 1. The van der Waals surface area contributed by atoms with E-state index in [-0.39, 0.29) is 46.1 Å². The summed E-state index contributed by atoms with van der Waals surface area (Å²) >= 11 is 15.3. The monoisotopic (exact) mass is 1470 g/mol. The highest BCUT2D eigenvalue weighted by Crippen LogP contribution is 2.39. The number of thioether (sulfide) groups is 1. The van der Waals surface area contributed by atoms with Crippen molar-refractivity contribution in [2.75, 3.05) is 86.8 Å². The molecule has 21 nitrogen and oxygen atoms in total. The molecule has 0 radical (unpaired) electrons. The van der Waals surface area contributed by atoms with Gasteiger partial charge >= 0.3 is 5.69 Å². The summed E-state index contributed by atoms with van der Waals surface area (Å²) in [6.45, 7) is 13.9. The fraction of sp³-hybridized carbons (Fsp3) is 0.282. The lowest BCUT2D eigenvalue weighted by molar-refractivity contribution is -0.383. The molecule has 0 saturated carbocycles. The van der Waals surface area contributed by atoms with Crippen LogP contribution in [0.4, 0.5) is 22.1 Å². The Kier molecular flexibility index (Phi) is 24.7. The number of piperazine rings is 2. The van der Waals surface area contributed by atoms with Crippen LogP contribution in [0.2, 0.25) is 10.0 Å². The van der Waals surface area contributed by atoms with Gasteiger partial charge in [-0.3, -0.25) is 34.3 Å². The van der Waals surface area contributed by atoms with E-state index in [4.69, 9.17) is 28.9 Å². The van der Waals surface area contributed by atoms with Gasteiger partial charge in [0.05, 0.1) is 15.4 Å². The summed E-state index contributed by atoms with van der Waals surface area (Å²) in [7, 11) is -5.13. The number of nitrogens with one attached hydrogen (secondary N) is 2. The molecular weight excluding hydrogens is 1400 g/mol. The van der Waals surface area contributed by atoms with E-state index in [1.165, 1.54) is 47.5 Å². The maximum atomic E-state index is 13.6. The summed E-state index contributed by atoms with van der Waals surface area (Å²) in [5, 5.41) is 21.0. The first kappa shape index (κ1) is 73.4. The van der Waals surface area contributed by atoms with Crippen molar-refractivity contribution in [3.05, 3.63) is 223 Å². The second kappa shape index (κ2) is 33.3. The number of amides is 3. The van der Waals surface area contributed by atoms with E-state index >= 15 is 0 Å². The predicted molar refractivity (Wildman–Crippen MR) is 396 cm³/mol. The van der Waals surface area contributed by atoms with Crippen LogP contribution < -0.4 is 30.4 Å². The minimum atomic E-state index is -4.42. The van der Waals surface area contributed by atoms with Gasteiger partial charge in [0.2, 0.25) is 30.8 Å². The molecule has 1 atom stereocenters. The Bertz CT molecular complexity index is 4640. The standard InChI is InChI=1S/C42H47ClN6O5S3.C29H29ClN6O4S2/c1-30(2)46(3)22-21-35(29-55-37-10-5-4-6-11-37)44-42-39(49(51)52)27-40(56-42)57(53,54)45-41(50)32-15-19-36(20-16-32)48-25-23-47(24-26-48)28-33-9-7-8-12-38(33)31-13-17-34(43)18-14-31;1-19(37)32-28-34(2)33-29(41-28)42(39,40)26-17-23(11-12-25(26)27(31)38)36-15-13-35(14-16-36)18-21-5-3-4-6-24(21)20-7-9-22(30)10-8-20/h4-20,27,30,35,44H,21-26,28-29H2,1-3H3,(H,45,50);3-12,17H,13-16,18H2,1-2H3,(H2,31,38)/b;32-28-/t35-;/m1./s1. The van der Waals surface area contributed by atoms with E-state index in [0.29, 0.717) is 47.0 Å². The summed E-state index contributed by atoms with van der Waals surface area (Å²) in [6.07, 6.45) is 0.674. The molecule has 4 N–H and O–H groups in total. The minimum absolute atomic E-state index is 0.126. The Labute approximate surface area is 599 Å². The highest BCUT2D eigenvalue weighted by molar-refractivity contribution is 7.99. The average molecular weight is 1470 g/mol. The van der Waals surface area contributed by atoms with Crippen molar-refractivity contribution in [3.8, 4) is 22.3 Å². The molecule has 0 unspecified atom stereocenters. The fourth-order valence-electron chi connectivity index (χ4n) is 11.3. The van der Waals surface area contributed by atoms with Crippen molar-refractivity contribution in [2.24, 2.45) is 17.8 Å². The van der Waals surface area contributed by atoms with Crippen molar-refractivity contribution < 1.29 is 36.1 Å². The molecular formula is C71H76Cl2N12O9S5. The van der Waals surface area contributed by atoms with Crippen LogP contribution in [0.5, 0.6) is 0 Å². The SMILES string of the molecule is CC(=O)/N=c1\sc(S(=O)(=O)c2cc(N3CCN(Cc4ccccc4-c4ccc(Cl)cc4)CC3)ccc2C(N)=O)nn1C.CC(C)N(C)CC[C@H](CSc1ccccc1)Nc1sc(S(=O)(=O)NC(=O)c2ccc(N3CCN(Cc4ccccc4-c4ccc(Cl)cc4)CC3)cc2)cc1[N+](=O)[O-]. The van der Waals surface area contributed by atoms with Crippen molar-refractivity contribution >= 4 is 117 Å². The molecule has 7 aromatic carbocycles. The third-order valence-corrected chi connectivity index (χ3v) is 24.7. The number of sulfone groups is 1. The number of carbonyl (C=O) groups excluding carboxylic acids is 3. The van der Waals surface area contributed by atoms with Crippen LogP contribution in [0.3, 0.4) is 0 Å². The zero-order valence-corrected chi connectivity index (χ0v) is 60.8. The Morgan fingerprint density at radius 1 is 0.707 bits per heavy atom. The number of anilines is 3. The minimum Gasteiger partial charge on any atom is -0.369 e. The van der Waals surface area contributed by atoms with E-state index in [9.17, 15) is 41.3 Å². The van der Waals surface area contributed by atoms with Crippen molar-refractivity contribution in [1.82, 2.24) is 29.2 Å². The first-order valence-corrected chi connectivity index (χ1v) is 38.2. The van der Waals surface area contributed by atoms with E-state index in [2.05, 4.69) is 88.8 Å². The highest BCUT2D eigenvalue weighted by atomic mass is 35.5. The lowest BCUT2D eigenvalue weighted by Gasteiger charge is -2.36. The molecule has 2 fully saturated rings. The lowest BCUT2D eigenvalue weighted by atomic mass is 9.99. The number of nitrogens with zero attached hydrogens (tertiary/aromatic N) is 9. The van der Waals surface area contributed by atoms with Gasteiger partial charge in [-0.25, -0.2) is 26.2 Å². The number of halogens is 2. The maximum Gasteiger partial charge on any atom is 0.304 e. The van der Waals surface area contributed by atoms with Crippen LogP contribution >= 0.6 is 57.6 Å². The molecule has 11 rings (SSSR count). The molecule has 2 saturated heterocycles. The van der Waals surface area contributed by atoms with Crippen molar-refractivity contribution in [1.29, 1.82) is 0 Å². The summed E-state index contributed by atoms with van der Waals surface area (Å²) < 4.78 is 57.0. The molecule has 2 aliphatic heterocycles. The van der Waals surface area contributed by atoms with Gasteiger partial charge in [-0.05, 0) is 140 Å². The number of nitrogens with two attached hydrogens (primary N) is 1. The van der Waals surface area contributed by atoms with Gasteiger partial charge in [-0.15, -0.1) is 16.9 Å². The second-order valence-electron chi connectivity index (χ2n) is 24.2. The quantitative estimate of drug-likeness (QED) is 0.0288. The van der Waals surface area contributed by atoms with E-state index in [0.717, 1.165) is 115 Å². The third kappa shape index (κ3) is 19.2. The average Bonchev–Trinajstić information content (AvgIpc) is 1.74. The molecule has 2 aromatic heterocycles. The fourth-order valence-corrected chi connectivity index (χ4v) is 17.7. The normalized spacial score (nSPS) is 14.4. The van der Waals surface area contributed by atoms with Gasteiger partial charge in [0, 0.05) is 142 Å². The van der Waals surface area contributed by atoms with Crippen LogP contribution in [0.25, 0.3) is 22.3 Å². The van der Waals surface area contributed by atoms with E-state index in [1.54, 1.807) is 30.0 Å². The number of thiophene rings is 1. The Morgan fingerprint density at radius 2 is 1.23 bits per heavy atom. The van der Waals surface area contributed by atoms with Gasteiger partial charge < -0.3 is 25.8 Å². The van der Waals surface area contributed by atoms with Gasteiger partial charge in [-0.1, -0.05) is 137 Å². The topological polar surface area (TPSA) is 259 Å². The largest absolute Gasteiger partial charge is 0.369 e. The van der Waals surface area contributed by atoms with Crippen LogP contribution in [-0.4, -0.2) is 148 Å². The molecule has 0 bridgehead atoms. The number of rotatable bonds is 24. The van der Waals surface area contributed by atoms with Crippen LogP contribution in [0, 0.1) is 10.1 Å². The lowest BCUT2D eigenvalue weighted by Crippen LogP contribution is -2.46. The number of hydrogen-bond donors (Lipinski definition) is 3. The number of carbonyl (C=O) groups is 3. The summed E-state index contributed by atoms with van der Waals surface area (Å²) in [5.74, 6) is -1.55. The Hall–Kier alpha value is -8.28. The summed E-state index contributed by atoms with van der Waals surface area (Å²) in [4.78, 5) is 64.5. The number of primary amides is 1. The number of benzene rings is 7. The summed E-state index contributed by atoms with van der Waals surface area (Å²) in [5.41, 5.74) is 13.9. The molecule has 518 valence electrons. The maximum absolute atomic E-state index is 13.6. The number of aromatic nitrogens is 2. The molecule has 0 spiro atoms. The van der Waals surface area contributed by atoms with Crippen LogP contribution in [-0.2, 0) is 44.8 Å². The van der Waals surface area contributed by atoms with Gasteiger partial charge in [0.15, 0.2) is 5.00 Å². The van der Waals surface area contributed by atoms with Gasteiger partial charge in [0.25, 0.3) is 15.9 Å². The molecule has 0 aliphatic carbocycles. The Balaban J connectivity index is 0.000000224. The number of sulfonamides is 1. The second-order valence-corrected chi connectivity index (χ2v) is 32.1. The van der Waals surface area contributed by atoms with E-state index in [1.807, 2.05) is 116 Å². The first-order chi connectivity index (χ1) is 47.4. The number of hydrogen-bond acceptors (Lipinski definition) is 19. The van der Waals surface area contributed by atoms with Crippen molar-refractivity contribution in [3.63, 3.8) is 0 Å². The molecule has 2 aliphatic rings. The zero-order valence-electron chi connectivity index (χ0n) is 55.2. The predicted octanol–water partition coefficient (Wildman–Crippen LogP) is 12.2. The van der Waals surface area contributed by atoms with E-state index < -0.39 is 42.5 Å². The number of aryl methyl sites for hydroxylation is 1. The van der Waals surface area contributed by atoms with Gasteiger partial charge in [-0.2, -0.15) is 4.99 Å².